The van der Waals surface area contributed by atoms with Gasteiger partial charge in [-0.1, -0.05) is 236 Å². The van der Waals surface area contributed by atoms with Gasteiger partial charge in [0.15, 0.2) is 6.10 Å². The monoisotopic (exact) mass is 909 g/mol. The minimum atomic E-state index is -0.783. The van der Waals surface area contributed by atoms with Gasteiger partial charge in [-0.3, -0.25) is 14.4 Å². The predicted molar refractivity (Wildman–Crippen MR) is 279 cm³/mol. The van der Waals surface area contributed by atoms with Crippen molar-refractivity contribution in [2.75, 3.05) is 13.2 Å². The number of rotatable bonds is 50. The van der Waals surface area contributed by atoms with E-state index in [1.807, 2.05) is 0 Å². The molecule has 0 aromatic carbocycles. The van der Waals surface area contributed by atoms with E-state index in [0.717, 1.165) is 103 Å². The Labute approximate surface area is 402 Å². The van der Waals surface area contributed by atoms with Crippen molar-refractivity contribution in [2.24, 2.45) is 0 Å². The van der Waals surface area contributed by atoms with Crippen LogP contribution in [0.2, 0.25) is 0 Å². The summed E-state index contributed by atoms with van der Waals surface area (Å²) >= 11 is 0. The Balaban J connectivity index is 4.37. The lowest BCUT2D eigenvalue weighted by molar-refractivity contribution is -0.167. The highest BCUT2D eigenvalue weighted by molar-refractivity contribution is 5.71. The first kappa shape index (κ1) is 62.1. The lowest BCUT2D eigenvalue weighted by Gasteiger charge is -2.18. The van der Waals surface area contributed by atoms with E-state index in [1.54, 1.807) is 0 Å². The maximum atomic E-state index is 12.8. The Morgan fingerprint density at radius 1 is 0.323 bits per heavy atom. The van der Waals surface area contributed by atoms with Gasteiger partial charge in [0.05, 0.1) is 0 Å². The first-order chi connectivity index (χ1) is 32.0. The molecule has 0 saturated carbocycles. The van der Waals surface area contributed by atoms with Gasteiger partial charge in [-0.25, -0.2) is 0 Å². The Hall–Kier alpha value is -2.89. The topological polar surface area (TPSA) is 78.9 Å². The maximum Gasteiger partial charge on any atom is 0.306 e. The second kappa shape index (κ2) is 53.7. The molecule has 0 fully saturated rings. The summed E-state index contributed by atoms with van der Waals surface area (Å²) in [6.07, 6.45) is 66.3. The minimum Gasteiger partial charge on any atom is -0.462 e. The van der Waals surface area contributed by atoms with Gasteiger partial charge >= 0.3 is 17.9 Å². The molecule has 1 unspecified atom stereocenters. The van der Waals surface area contributed by atoms with E-state index in [4.69, 9.17) is 14.2 Å². The number of carbonyl (C=O) groups excluding carboxylic acids is 3. The summed E-state index contributed by atoms with van der Waals surface area (Å²) in [5, 5.41) is 0. The second-order valence-electron chi connectivity index (χ2n) is 18.5. The Bertz CT molecular complexity index is 1180. The quantitative estimate of drug-likeness (QED) is 0.0262. The van der Waals surface area contributed by atoms with Crippen molar-refractivity contribution in [2.45, 2.75) is 284 Å². The molecule has 1 atom stereocenters. The largest absolute Gasteiger partial charge is 0.462 e. The van der Waals surface area contributed by atoms with E-state index >= 15 is 0 Å². The molecule has 0 aromatic heterocycles. The van der Waals surface area contributed by atoms with E-state index in [1.165, 1.54) is 135 Å². The zero-order valence-corrected chi connectivity index (χ0v) is 43.0. The first-order valence-corrected chi connectivity index (χ1v) is 27.8. The van der Waals surface area contributed by atoms with Crippen LogP contribution in [0.25, 0.3) is 0 Å². The summed E-state index contributed by atoms with van der Waals surface area (Å²) in [4.78, 5) is 38.1. The Kier molecular flexibility index (Phi) is 51.3. The fraction of sp³-hybridized carbons (Fsp3) is 0.780. The second-order valence-corrected chi connectivity index (χ2v) is 18.5. The number of unbranched alkanes of at least 4 members (excludes halogenated alkanes) is 29. The van der Waals surface area contributed by atoms with E-state index in [-0.39, 0.29) is 31.1 Å². The van der Waals surface area contributed by atoms with Crippen LogP contribution in [0.5, 0.6) is 0 Å². The zero-order valence-electron chi connectivity index (χ0n) is 43.0. The minimum absolute atomic E-state index is 0.0803. The predicted octanol–water partition coefficient (Wildman–Crippen LogP) is 18.4. The van der Waals surface area contributed by atoms with Crippen LogP contribution in [0.3, 0.4) is 0 Å². The number of hydrogen-bond acceptors (Lipinski definition) is 6. The standard InChI is InChI=1S/C59H104O6/c1-4-7-10-13-16-19-22-25-27-28-29-30-32-34-37-40-43-46-49-52-58(61)64-55-56(54-63-57(60)51-48-45-42-39-36-33-24-21-18-15-12-9-6-3)65-59(62)53-50-47-44-41-38-35-31-26-23-20-17-14-11-8-5-2/h8,11,16-17,19-20,25-27,31,56H,4-7,9-10,12-15,18,21-24,28-30,32-55H2,1-3H3/b11-8-,19-16-,20-17-,27-25-,31-26-. The molecule has 0 aromatic rings. The molecule has 6 nitrogen and oxygen atoms in total. The van der Waals surface area contributed by atoms with Gasteiger partial charge in [0.1, 0.15) is 13.2 Å². The van der Waals surface area contributed by atoms with Gasteiger partial charge in [0.25, 0.3) is 0 Å². The van der Waals surface area contributed by atoms with E-state index in [0.29, 0.717) is 19.3 Å². The summed E-state index contributed by atoms with van der Waals surface area (Å²) in [6.45, 7) is 6.50. The van der Waals surface area contributed by atoms with Crippen molar-refractivity contribution < 1.29 is 28.6 Å². The molecule has 6 heteroatoms. The van der Waals surface area contributed by atoms with Crippen LogP contribution in [-0.2, 0) is 28.6 Å². The molecule has 0 bridgehead atoms. The molecule has 0 aliphatic rings. The van der Waals surface area contributed by atoms with Gasteiger partial charge in [-0.05, 0) is 83.5 Å². The highest BCUT2D eigenvalue weighted by atomic mass is 16.6. The lowest BCUT2D eigenvalue weighted by Crippen LogP contribution is -2.30. The molecule has 0 aliphatic carbocycles. The van der Waals surface area contributed by atoms with Crippen LogP contribution in [-0.4, -0.2) is 37.2 Å². The number of allylic oxidation sites excluding steroid dienone is 10. The molecular formula is C59H104O6. The van der Waals surface area contributed by atoms with Crippen LogP contribution < -0.4 is 0 Å². The van der Waals surface area contributed by atoms with E-state index in [9.17, 15) is 14.4 Å². The van der Waals surface area contributed by atoms with E-state index < -0.39 is 6.10 Å². The molecule has 0 aliphatic heterocycles. The lowest BCUT2D eigenvalue weighted by atomic mass is 10.0. The van der Waals surface area contributed by atoms with Crippen molar-refractivity contribution >= 4 is 17.9 Å². The molecule has 0 spiro atoms. The number of hydrogen-bond donors (Lipinski definition) is 0. The van der Waals surface area contributed by atoms with E-state index in [2.05, 4.69) is 81.5 Å². The molecule has 376 valence electrons. The molecule has 0 radical (unpaired) electrons. The third kappa shape index (κ3) is 51.9. The smallest absolute Gasteiger partial charge is 0.306 e. The molecule has 0 N–H and O–H groups in total. The number of esters is 3. The molecule has 0 amide bonds. The SMILES string of the molecule is CC/C=C\C/C=C\C/C=C\CCCCCCCC(=O)OC(COC(=O)CCCCCCCCCCC/C=C\C/C=C\CCCCC)COC(=O)CCCCCCCCCCCCCCC. The van der Waals surface area contributed by atoms with Crippen LogP contribution in [0.4, 0.5) is 0 Å². The molecule has 0 heterocycles. The van der Waals surface area contributed by atoms with Gasteiger partial charge in [0, 0.05) is 19.3 Å². The van der Waals surface area contributed by atoms with Crippen LogP contribution in [0.15, 0.2) is 60.8 Å². The van der Waals surface area contributed by atoms with Gasteiger partial charge in [-0.2, -0.15) is 0 Å². The molecular weight excluding hydrogens is 805 g/mol. The summed E-state index contributed by atoms with van der Waals surface area (Å²) in [7, 11) is 0. The fourth-order valence-electron chi connectivity index (χ4n) is 7.84. The Morgan fingerprint density at radius 2 is 0.600 bits per heavy atom. The summed E-state index contributed by atoms with van der Waals surface area (Å²) in [5.74, 6) is -0.892. The van der Waals surface area contributed by atoms with Crippen molar-refractivity contribution in [3.8, 4) is 0 Å². The highest BCUT2D eigenvalue weighted by Gasteiger charge is 2.19. The number of ether oxygens (including phenoxy) is 3. The highest BCUT2D eigenvalue weighted by Crippen LogP contribution is 2.16. The summed E-state index contributed by atoms with van der Waals surface area (Å²) in [5.41, 5.74) is 0. The van der Waals surface area contributed by atoms with Gasteiger partial charge in [0.2, 0.25) is 0 Å². The number of carbonyl (C=O) groups is 3. The van der Waals surface area contributed by atoms with Crippen molar-refractivity contribution in [3.05, 3.63) is 60.8 Å². The summed E-state index contributed by atoms with van der Waals surface area (Å²) in [6, 6.07) is 0. The average molecular weight is 909 g/mol. The molecule has 0 saturated heterocycles. The summed E-state index contributed by atoms with van der Waals surface area (Å²) < 4.78 is 16.8. The normalized spacial score (nSPS) is 12.5. The fourth-order valence-corrected chi connectivity index (χ4v) is 7.84. The van der Waals surface area contributed by atoms with Gasteiger partial charge in [-0.15, -0.1) is 0 Å². The molecule has 0 rings (SSSR count). The van der Waals surface area contributed by atoms with Crippen LogP contribution in [0.1, 0.15) is 278 Å². The third-order valence-corrected chi connectivity index (χ3v) is 12.0. The molecule has 65 heavy (non-hydrogen) atoms. The van der Waals surface area contributed by atoms with Crippen LogP contribution in [0, 0.1) is 0 Å². The van der Waals surface area contributed by atoms with Crippen molar-refractivity contribution in [1.82, 2.24) is 0 Å². The third-order valence-electron chi connectivity index (χ3n) is 12.0. The first-order valence-electron chi connectivity index (χ1n) is 27.8. The van der Waals surface area contributed by atoms with Crippen molar-refractivity contribution in [1.29, 1.82) is 0 Å². The van der Waals surface area contributed by atoms with Crippen molar-refractivity contribution in [3.63, 3.8) is 0 Å². The average Bonchev–Trinajstić information content (AvgIpc) is 3.30. The van der Waals surface area contributed by atoms with Crippen LogP contribution >= 0.6 is 0 Å². The zero-order chi connectivity index (χ0) is 47.2. The Morgan fingerprint density at radius 3 is 0.969 bits per heavy atom. The van der Waals surface area contributed by atoms with Gasteiger partial charge < -0.3 is 14.2 Å². The maximum absolute atomic E-state index is 12.8.